The average Bonchev–Trinajstić information content (AvgIpc) is 3.35. The Labute approximate surface area is 203 Å². The number of hydrogen-bond donors (Lipinski definition) is 2. The largest absolute Gasteiger partial charge is 0.489 e. The summed E-state index contributed by atoms with van der Waals surface area (Å²) in [6.07, 6.45) is 1.61. The molecule has 0 bridgehead atoms. The van der Waals surface area contributed by atoms with E-state index < -0.39 is 0 Å². The maximum atomic E-state index is 12.4. The van der Waals surface area contributed by atoms with Crippen molar-refractivity contribution >= 4 is 23.7 Å². The van der Waals surface area contributed by atoms with Gasteiger partial charge < -0.3 is 4.74 Å². The van der Waals surface area contributed by atoms with Gasteiger partial charge >= 0.3 is 0 Å². The van der Waals surface area contributed by atoms with Gasteiger partial charge in [0.05, 0.1) is 11.9 Å². The topological polar surface area (TPSA) is 79.4 Å². The quantitative estimate of drug-likeness (QED) is 0.237. The van der Waals surface area contributed by atoms with Gasteiger partial charge in [0, 0.05) is 16.1 Å². The van der Waals surface area contributed by atoms with E-state index in [-0.39, 0.29) is 5.91 Å². The Morgan fingerprint density at radius 3 is 2.53 bits per heavy atom. The number of nitrogens with one attached hydrogen (secondary N) is 2. The fraction of sp³-hybridized carbons (Fsp3) is 0.148. The molecule has 0 unspecified atom stereocenters. The Morgan fingerprint density at radius 1 is 1.09 bits per heavy atom. The highest BCUT2D eigenvalue weighted by atomic mass is 35.5. The van der Waals surface area contributed by atoms with Crippen LogP contribution in [0.15, 0.2) is 84.0 Å². The van der Waals surface area contributed by atoms with E-state index in [1.54, 1.807) is 12.3 Å². The van der Waals surface area contributed by atoms with E-state index >= 15 is 0 Å². The van der Waals surface area contributed by atoms with Crippen LogP contribution in [-0.4, -0.2) is 22.3 Å². The van der Waals surface area contributed by atoms with Crippen LogP contribution in [-0.2, 0) is 6.61 Å². The van der Waals surface area contributed by atoms with Crippen molar-refractivity contribution in [2.45, 2.75) is 26.4 Å². The molecule has 7 heteroatoms. The first kappa shape index (κ1) is 23.3. The van der Waals surface area contributed by atoms with Crippen LogP contribution >= 0.6 is 11.6 Å². The summed E-state index contributed by atoms with van der Waals surface area (Å²) in [6, 6.07) is 24.8. The lowest BCUT2D eigenvalue weighted by atomic mass is 10.0. The molecule has 0 fully saturated rings. The van der Waals surface area contributed by atoms with Crippen LogP contribution in [0.3, 0.4) is 0 Å². The van der Waals surface area contributed by atoms with Crippen molar-refractivity contribution in [3.05, 3.63) is 106 Å². The van der Waals surface area contributed by atoms with Crippen LogP contribution in [0.25, 0.3) is 11.3 Å². The molecule has 0 saturated heterocycles. The number of ether oxygens (including phenoxy) is 1. The Bertz CT molecular complexity index is 1280. The van der Waals surface area contributed by atoms with Crippen LogP contribution in [0.5, 0.6) is 5.75 Å². The highest BCUT2D eigenvalue weighted by molar-refractivity contribution is 6.31. The molecule has 6 nitrogen and oxygen atoms in total. The number of carbonyl (C=O) groups excluding carboxylic acids is 1. The predicted octanol–water partition coefficient (Wildman–Crippen LogP) is 6.20. The summed E-state index contributed by atoms with van der Waals surface area (Å²) in [4.78, 5) is 12.4. The molecule has 0 saturated carbocycles. The fourth-order valence-corrected chi connectivity index (χ4v) is 3.47. The molecule has 172 valence electrons. The summed E-state index contributed by atoms with van der Waals surface area (Å²) in [6.45, 7) is 4.67. The number of nitrogens with zero attached hydrogens (tertiary/aromatic N) is 2. The van der Waals surface area contributed by atoms with Gasteiger partial charge in [0.25, 0.3) is 5.91 Å². The lowest BCUT2D eigenvalue weighted by Gasteiger charge is -2.08. The van der Waals surface area contributed by atoms with E-state index in [2.05, 4.69) is 46.7 Å². The minimum atomic E-state index is -0.367. The highest BCUT2D eigenvalue weighted by Crippen LogP contribution is 2.23. The normalized spacial score (nSPS) is 11.2. The van der Waals surface area contributed by atoms with Gasteiger partial charge in [-0.3, -0.25) is 9.89 Å². The first-order chi connectivity index (χ1) is 16.5. The zero-order chi connectivity index (χ0) is 23.9. The lowest BCUT2D eigenvalue weighted by Crippen LogP contribution is -2.18. The fourth-order valence-electron chi connectivity index (χ4n) is 3.28. The summed E-state index contributed by atoms with van der Waals surface area (Å²) in [5.41, 5.74) is 7.44. The average molecular weight is 473 g/mol. The van der Waals surface area contributed by atoms with E-state index in [4.69, 9.17) is 16.3 Å². The van der Waals surface area contributed by atoms with Crippen molar-refractivity contribution in [3.8, 4) is 17.0 Å². The maximum Gasteiger partial charge on any atom is 0.289 e. The number of H-pyrrole nitrogens is 1. The Balaban J connectivity index is 1.33. The first-order valence-electron chi connectivity index (χ1n) is 10.9. The van der Waals surface area contributed by atoms with Gasteiger partial charge in [-0.15, -0.1) is 0 Å². The van der Waals surface area contributed by atoms with Crippen molar-refractivity contribution in [1.29, 1.82) is 0 Å². The molecule has 3 aromatic carbocycles. The van der Waals surface area contributed by atoms with E-state index in [1.165, 1.54) is 5.56 Å². The molecule has 34 heavy (non-hydrogen) atoms. The van der Waals surface area contributed by atoms with Crippen molar-refractivity contribution in [2.24, 2.45) is 5.10 Å². The smallest absolute Gasteiger partial charge is 0.289 e. The van der Waals surface area contributed by atoms with Gasteiger partial charge in [-0.25, -0.2) is 5.43 Å². The number of benzene rings is 3. The predicted molar refractivity (Wildman–Crippen MR) is 135 cm³/mol. The van der Waals surface area contributed by atoms with Gasteiger partial charge in [-0.2, -0.15) is 10.2 Å². The number of hydrazone groups is 1. The number of aromatic amines is 1. The maximum absolute atomic E-state index is 12.4. The SMILES string of the molecule is CC(C)c1ccc(C=NNC(=O)c2cc(-c3ccc(OCc4ccccc4Cl)cc3)n[nH]2)cc1. The van der Waals surface area contributed by atoms with Gasteiger partial charge in [-0.05, 0) is 53.4 Å². The second-order valence-corrected chi connectivity index (χ2v) is 8.50. The second-order valence-electron chi connectivity index (χ2n) is 8.09. The number of carbonyl (C=O) groups is 1. The number of amides is 1. The Kier molecular flexibility index (Phi) is 7.40. The molecule has 1 amide bonds. The highest BCUT2D eigenvalue weighted by Gasteiger charge is 2.11. The van der Waals surface area contributed by atoms with Crippen molar-refractivity contribution in [1.82, 2.24) is 15.6 Å². The molecule has 0 spiro atoms. The number of hydrogen-bond acceptors (Lipinski definition) is 4. The third kappa shape index (κ3) is 5.91. The zero-order valence-electron chi connectivity index (χ0n) is 19.0. The molecule has 4 aromatic rings. The lowest BCUT2D eigenvalue weighted by molar-refractivity contribution is 0.0950. The minimum absolute atomic E-state index is 0.321. The summed E-state index contributed by atoms with van der Waals surface area (Å²) in [5.74, 6) is 0.818. The molecule has 1 aromatic heterocycles. The van der Waals surface area contributed by atoms with Gasteiger partial charge in [0.2, 0.25) is 0 Å². The van der Waals surface area contributed by atoms with E-state index in [0.717, 1.165) is 16.7 Å². The summed E-state index contributed by atoms with van der Waals surface area (Å²) >= 11 is 6.17. The number of rotatable bonds is 8. The van der Waals surface area contributed by atoms with Crippen LogP contribution in [0.2, 0.25) is 5.02 Å². The molecule has 2 N–H and O–H groups in total. The molecule has 0 aliphatic rings. The Morgan fingerprint density at radius 2 is 1.82 bits per heavy atom. The van der Waals surface area contributed by atoms with E-state index in [9.17, 15) is 4.79 Å². The van der Waals surface area contributed by atoms with Crippen molar-refractivity contribution < 1.29 is 9.53 Å². The molecule has 4 rings (SSSR count). The monoisotopic (exact) mass is 472 g/mol. The molecular formula is C27H25ClN4O2. The number of halogens is 1. The van der Waals surface area contributed by atoms with Crippen LogP contribution in [0.4, 0.5) is 0 Å². The van der Waals surface area contributed by atoms with Crippen molar-refractivity contribution in [3.63, 3.8) is 0 Å². The molecule has 0 atom stereocenters. The van der Waals surface area contributed by atoms with Crippen LogP contribution in [0.1, 0.15) is 46.9 Å². The zero-order valence-corrected chi connectivity index (χ0v) is 19.7. The second kappa shape index (κ2) is 10.8. The summed E-state index contributed by atoms with van der Waals surface area (Å²) in [5, 5.41) is 11.7. The Hall–Kier alpha value is -3.90. The molecular weight excluding hydrogens is 448 g/mol. The first-order valence-corrected chi connectivity index (χ1v) is 11.3. The molecule has 0 aliphatic carbocycles. The molecule has 0 radical (unpaired) electrons. The van der Waals surface area contributed by atoms with E-state index in [0.29, 0.717) is 34.7 Å². The van der Waals surface area contributed by atoms with Crippen LogP contribution in [0, 0.1) is 0 Å². The third-order valence-electron chi connectivity index (χ3n) is 5.31. The van der Waals surface area contributed by atoms with Crippen LogP contribution < -0.4 is 10.2 Å². The minimum Gasteiger partial charge on any atom is -0.489 e. The van der Waals surface area contributed by atoms with Gasteiger partial charge in [0.1, 0.15) is 18.1 Å². The number of aromatic nitrogens is 2. The van der Waals surface area contributed by atoms with Gasteiger partial charge in [0.15, 0.2) is 0 Å². The van der Waals surface area contributed by atoms with Gasteiger partial charge in [-0.1, -0.05) is 67.9 Å². The van der Waals surface area contributed by atoms with E-state index in [1.807, 2.05) is 60.7 Å². The summed E-state index contributed by atoms with van der Waals surface area (Å²) < 4.78 is 5.81. The summed E-state index contributed by atoms with van der Waals surface area (Å²) in [7, 11) is 0. The molecule has 1 heterocycles. The third-order valence-corrected chi connectivity index (χ3v) is 5.68. The van der Waals surface area contributed by atoms with Crippen molar-refractivity contribution in [2.75, 3.05) is 0 Å². The molecule has 0 aliphatic heterocycles. The standard InChI is InChI=1S/C27H25ClN4O2/c1-18(2)20-9-7-19(8-10-20)16-29-32-27(33)26-15-25(30-31-26)21-11-13-23(14-12-21)34-17-22-5-3-4-6-24(22)28/h3-16,18H,17H2,1-2H3,(H,30,31)(H,32,33).